The lowest BCUT2D eigenvalue weighted by Crippen LogP contribution is -2.25. The van der Waals surface area contributed by atoms with Gasteiger partial charge in [-0.05, 0) is 12.1 Å². The van der Waals surface area contributed by atoms with Gasteiger partial charge in [0.2, 0.25) is 5.78 Å². The number of hydrogen-bond donors (Lipinski definition) is 5. The maximum atomic E-state index is 11.6. The molecule has 94 valence electrons. The molecular weight excluding hydrogens is 272 g/mol. The van der Waals surface area contributed by atoms with Crippen molar-refractivity contribution < 1.29 is 33.8 Å². The van der Waals surface area contributed by atoms with Gasteiger partial charge < -0.3 is 9.79 Å². The van der Waals surface area contributed by atoms with Crippen LogP contribution in [0.5, 0.6) is 0 Å². The van der Waals surface area contributed by atoms with Gasteiger partial charge in [0.1, 0.15) is 5.69 Å². The highest BCUT2D eigenvalue weighted by molar-refractivity contribution is 7.76. The normalized spacial score (nSPS) is 14.4. The summed E-state index contributed by atoms with van der Waals surface area (Å²) in [5, 5.41) is -2.59. The molecule has 0 aliphatic carbocycles. The van der Waals surface area contributed by atoms with Crippen LogP contribution in [0.1, 0.15) is 10.5 Å². The van der Waals surface area contributed by atoms with Crippen molar-refractivity contribution in [1.82, 2.24) is 4.98 Å². The fourth-order valence-corrected chi connectivity index (χ4v) is 3.65. The minimum atomic E-state index is -5.21. The highest BCUT2D eigenvalue weighted by Crippen LogP contribution is 2.65. The third kappa shape index (κ3) is 3.62. The van der Waals surface area contributed by atoms with Crippen LogP contribution in [0.15, 0.2) is 24.4 Å². The van der Waals surface area contributed by atoms with Gasteiger partial charge in [0.15, 0.2) is 0 Å². The van der Waals surface area contributed by atoms with Crippen LogP contribution in [0.25, 0.3) is 0 Å². The topological polar surface area (TPSA) is 148 Å². The molecule has 1 heterocycles. The van der Waals surface area contributed by atoms with Crippen molar-refractivity contribution in [2.45, 2.75) is 5.40 Å². The zero-order valence-corrected chi connectivity index (χ0v) is 10.1. The van der Waals surface area contributed by atoms with E-state index < -0.39 is 26.7 Å². The Kier molecular flexibility index (Phi) is 4.11. The minimum absolute atomic E-state index is 0.373. The van der Waals surface area contributed by atoms with Crippen LogP contribution in [0, 0.1) is 0 Å². The number of hydrogen-bond acceptors (Lipinski definition) is 6. The molecule has 10 heteroatoms. The predicted octanol–water partition coefficient (Wildman–Crippen LogP) is -0.492. The minimum Gasteiger partial charge on any atom is -0.321 e. The maximum Gasteiger partial charge on any atom is 0.428 e. The molecule has 0 saturated carbocycles. The lowest BCUT2D eigenvalue weighted by atomic mass is 10.3. The van der Waals surface area contributed by atoms with Gasteiger partial charge in [-0.3, -0.25) is 14.3 Å². The molecule has 0 saturated heterocycles. The molecule has 8 nitrogen and oxygen atoms in total. The second kappa shape index (κ2) is 4.88. The van der Waals surface area contributed by atoms with E-state index in [1.807, 2.05) is 0 Å². The molecule has 17 heavy (non-hydrogen) atoms. The van der Waals surface area contributed by atoms with E-state index in [2.05, 4.69) is 4.98 Å². The van der Waals surface area contributed by atoms with Gasteiger partial charge in [0.05, 0.1) is 0 Å². The summed E-state index contributed by atoms with van der Waals surface area (Å²) in [4.78, 5) is 59.6. The molecule has 0 amide bonds. The number of carbonyl (C=O) groups is 1. The van der Waals surface area contributed by atoms with Crippen molar-refractivity contribution in [3.8, 4) is 0 Å². The van der Waals surface area contributed by atoms with Gasteiger partial charge in [-0.15, -0.1) is 0 Å². The van der Waals surface area contributed by atoms with Crippen molar-refractivity contribution in [2.75, 3.05) is 0 Å². The number of pyridine rings is 1. The van der Waals surface area contributed by atoms with Gasteiger partial charge in [0.25, 0.3) is 0 Å². The second-order valence-corrected chi connectivity index (χ2v) is 7.00. The Hall–Kier alpha value is -0.720. The molecule has 1 aromatic rings. The van der Waals surface area contributed by atoms with Crippen LogP contribution in [0.2, 0.25) is 0 Å². The lowest BCUT2D eigenvalue weighted by Gasteiger charge is -2.16. The van der Waals surface area contributed by atoms with Crippen molar-refractivity contribution in [3.63, 3.8) is 0 Å². The highest BCUT2D eigenvalue weighted by atomic mass is 31.3. The summed E-state index contributed by atoms with van der Waals surface area (Å²) in [5.41, 5.74) is -0.373. The number of ketones is 1. The van der Waals surface area contributed by atoms with Crippen LogP contribution in [0.4, 0.5) is 0 Å². The summed E-state index contributed by atoms with van der Waals surface area (Å²) in [6, 6.07) is 3.98. The summed E-state index contributed by atoms with van der Waals surface area (Å²) in [6.07, 6.45) is 1.19. The van der Waals surface area contributed by atoms with Gasteiger partial charge >= 0.3 is 20.9 Å². The van der Waals surface area contributed by atoms with Crippen LogP contribution in [0.3, 0.4) is 0 Å². The standard InChI is InChI=1S/C7H9NO7P2/c9-6(5-3-1-2-4-8-5)7(16(10,11)12)17(13,14)15/h1-4,7,10-12H,(H-,13,14,15)/p+1. The molecular formula is C7H10NO7P2+. The Morgan fingerprint density at radius 3 is 2.24 bits per heavy atom. The predicted molar refractivity (Wildman–Crippen MR) is 58.0 cm³/mol. The van der Waals surface area contributed by atoms with Crippen molar-refractivity contribution in [3.05, 3.63) is 30.1 Å². The van der Waals surface area contributed by atoms with Crippen molar-refractivity contribution in [2.24, 2.45) is 0 Å². The number of nitrogens with zero attached hydrogens (tertiary/aromatic N) is 1. The maximum absolute atomic E-state index is 11.6. The molecule has 0 radical (unpaired) electrons. The summed E-state index contributed by atoms with van der Waals surface area (Å²) < 4.78 is 11.0. The summed E-state index contributed by atoms with van der Waals surface area (Å²) in [5.74, 6) is -1.32. The Morgan fingerprint density at radius 1 is 1.29 bits per heavy atom. The molecule has 0 aliphatic heterocycles. The molecule has 1 unspecified atom stereocenters. The number of carbonyl (C=O) groups excluding carboxylic acids is 1. The molecule has 1 rings (SSSR count). The Morgan fingerprint density at radius 2 is 1.88 bits per heavy atom. The Labute approximate surface area is 96.3 Å². The molecule has 1 atom stereocenters. The van der Waals surface area contributed by atoms with Gasteiger partial charge in [-0.1, -0.05) is 6.07 Å². The van der Waals surface area contributed by atoms with E-state index in [1.54, 1.807) is 0 Å². The van der Waals surface area contributed by atoms with E-state index >= 15 is 0 Å². The molecule has 0 spiro atoms. The first-order valence-electron chi connectivity index (χ1n) is 4.21. The highest BCUT2D eigenvalue weighted by Gasteiger charge is 2.59. The van der Waals surface area contributed by atoms with Crippen molar-refractivity contribution in [1.29, 1.82) is 0 Å². The van der Waals surface area contributed by atoms with E-state index in [4.69, 9.17) is 24.5 Å². The average Bonchev–Trinajstić information content (AvgIpc) is 2.14. The monoisotopic (exact) mass is 282 g/mol. The van der Waals surface area contributed by atoms with E-state index in [1.165, 1.54) is 18.3 Å². The van der Waals surface area contributed by atoms with Crippen LogP contribution >= 0.6 is 15.5 Å². The lowest BCUT2D eigenvalue weighted by molar-refractivity contribution is 0.0984. The third-order valence-electron chi connectivity index (χ3n) is 1.80. The van der Waals surface area contributed by atoms with Gasteiger partial charge in [-0.2, -0.15) is 14.7 Å². The number of rotatable bonds is 4. The zero-order valence-electron chi connectivity index (χ0n) is 8.28. The molecule has 0 fully saturated rings. The smallest absolute Gasteiger partial charge is 0.321 e. The average molecular weight is 282 g/mol. The summed E-state index contributed by atoms with van der Waals surface area (Å²) >= 11 is 0. The first kappa shape index (κ1) is 14.3. The van der Waals surface area contributed by atoms with Gasteiger partial charge in [0, 0.05) is 6.20 Å². The second-order valence-electron chi connectivity index (χ2n) is 3.16. The first-order valence-corrected chi connectivity index (χ1v) is 7.61. The van der Waals surface area contributed by atoms with Crippen LogP contribution < -0.4 is 0 Å². The summed E-state index contributed by atoms with van der Waals surface area (Å²) in [7, 11) is -10.2. The van der Waals surface area contributed by atoms with Crippen LogP contribution in [-0.4, -0.2) is 40.6 Å². The largest absolute Gasteiger partial charge is 0.428 e. The van der Waals surface area contributed by atoms with E-state index in [0.717, 1.165) is 6.07 Å². The fraction of sp³-hybridized carbons (Fsp3) is 0.143. The van der Waals surface area contributed by atoms with Crippen molar-refractivity contribution >= 4 is 21.3 Å². The Bertz CT molecular complexity index is 451. The van der Waals surface area contributed by atoms with E-state index in [9.17, 15) is 9.36 Å². The number of aromatic nitrogens is 1. The molecule has 0 aliphatic rings. The quantitative estimate of drug-likeness (QED) is 0.367. The van der Waals surface area contributed by atoms with E-state index in [-0.39, 0.29) is 5.69 Å². The third-order valence-corrected chi connectivity index (χ3v) is 5.39. The molecule has 0 aromatic carbocycles. The first-order chi connectivity index (χ1) is 7.64. The summed E-state index contributed by atoms with van der Waals surface area (Å²) in [6.45, 7) is 0. The van der Waals surface area contributed by atoms with E-state index in [0.29, 0.717) is 0 Å². The molecule has 0 bridgehead atoms. The van der Waals surface area contributed by atoms with Crippen LogP contribution in [-0.2, 0) is 4.57 Å². The Balaban J connectivity index is 3.19. The fourth-order valence-electron chi connectivity index (χ4n) is 1.15. The number of Topliss-reactive ketones (excluding diaryl/α,β-unsaturated/α-hetero) is 1. The molecule has 5 N–H and O–H groups in total. The molecule has 1 aromatic heterocycles. The SMILES string of the molecule is O=C(c1ccccn1)C(P(=O)(O)O)[P+](O)(O)O. The zero-order chi connectivity index (χ0) is 13.3. The van der Waals surface area contributed by atoms with Gasteiger partial charge in [-0.25, -0.2) is 0 Å².